The van der Waals surface area contributed by atoms with Gasteiger partial charge < -0.3 is 9.88 Å². The number of halogens is 2. The van der Waals surface area contributed by atoms with Crippen molar-refractivity contribution in [3.05, 3.63) is 64.6 Å². The molecule has 1 unspecified atom stereocenters. The van der Waals surface area contributed by atoms with Gasteiger partial charge in [-0.2, -0.15) is 0 Å². The largest absolute Gasteiger partial charge is 0.361 e. The second-order valence-electron chi connectivity index (χ2n) is 8.67. The minimum atomic E-state index is -3.65. The van der Waals surface area contributed by atoms with E-state index in [4.69, 9.17) is 11.6 Å². The Morgan fingerprint density at radius 3 is 2.94 bits per heavy atom. The van der Waals surface area contributed by atoms with E-state index in [0.29, 0.717) is 17.5 Å². The standard InChI is InChI=1S/C24H25ClFN3O2S2/c1-15-20-12-18(26)5-7-23(20)32-24(15)33(30,31)28-19-8-10-29(14-19)9-2-3-16-13-27-22-6-4-17(25)11-21(16)22/h4-7,11-13,19,27-28H,2-3,8-10,14H2,1H3. The van der Waals surface area contributed by atoms with E-state index in [0.717, 1.165) is 53.0 Å². The average molecular weight is 506 g/mol. The number of H-pyrrole nitrogens is 1. The maximum absolute atomic E-state index is 13.6. The summed E-state index contributed by atoms with van der Waals surface area (Å²) in [5.74, 6) is -0.359. The molecule has 1 fully saturated rings. The number of nitrogens with zero attached hydrogens (tertiary/aromatic N) is 1. The minimum Gasteiger partial charge on any atom is -0.361 e. The molecule has 174 valence electrons. The molecule has 2 aromatic carbocycles. The fourth-order valence-corrected chi connectivity index (χ4v) is 7.88. The van der Waals surface area contributed by atoms with Gasteiger partial charge in [0.15, 0.2) is 0 Å². The van der Waals surface area contributed by atoms with Gasteiger partial charge in [-0.1, -0.05) is 11.6 Å². The van der Waals surface area contributed by atoms with Crippen LogP contribution in [0.25, 0.3) is 21.0 Å². The Kier molecular flexibility index (Phi) is 6.22. The topological polar surface area (TPSA) is 65.2 Å². The summed E-state index contributed by atoms with van der Waals surface area (Å²) in [4.78, 5) is 5.60. The molecule has 2 N–H and O–H groups in total. The molecule has 0 aliphatic carbocycles. The zero-order valence-electron chi connectivity index (χ0n) is 18.2. The molecule has 0 saturated carbocycles. The van der Waals surface area contributed by atoms with Gasteiger partial charge >= 0.3 is 0 Å². The van der Waals surface area contributed by atoms with E-state index in [9.17, 15) is 12.8 Å². The molecular formula is C24H25ClFN3O2S2. The SMILES string of the molecule is Cc1c(S(=O)(=O)NC2CCN(CCCc3c[nH]c4ccc(Cl)cc34)C2)sc2ccc(F)cc12. The third-order valence-electron chi connectivity index (χ3n) is 6.34. The molecular weight excluding hydrogens is 481 g/mol. The molecule has 33 heavy (non-hydrogen) atoms. The third-order valence-corrected chi connectivity index (χ3v) is 9.99. The second-order valence-corrected chi connectivity index (χ2v) is 12.1. The highest BCUT2D eigenvalue weighted by atomic mass is 35.5. The second kappa shape index (κ2) is 9.00. The number of hydrogen-bond acceptors (Lipinski definition) is 4. The fourth-order valence-electron chi connectivity index (χ4n) is 4.68. The van der Waals surface area contributed by atoms with Crippen molar-refractivity contribution in [1.29, 1.82) is 0 Å². The number of rotatable bonds is 7. The van der Waals surface area contributed by atoms with Gasteiger partial charge in [-0.3, -0.25) is 0 Å². The van der Waals surface area contributed by atoms with Crippen molar-refractivity contribution in [3.8, 4) is 0 Å². The predicted molar refractivity (Wildman–Crippen MR) is 133 cm³/mol. The van der Waals surface area contributed by atoms with Crippen molar-refractivity contribution in [2.24, 2.45) is 0 Å². The number of aromatic nitrogens is 1. The molecule has 2 aromatic heterocycles. The van der Waals surface area contributed by atoms with Gasteiger partial charge in [0.1, 0.15) is 10.0 Å². The van der Waals surface area contributed by atoms with Crippen molar-refractivity contribution < 1.29 is 12.8 Å². The summed E-state index contributed by atoms with van der Waals surface area (Å²) in [5.41, 5.74) is 2.95. The minimum absolute atomic E-state index is 0.122. The first kappa shape index (κ1) is 22.8. The average Bonchev–Trinajstić information content (AvgIpc) is 3.46. The van der Waals surface area contributed by atoms with Crippen LogP contribution < -0.4 is 4.72 Å². The lowest BCUT2D eigenvalue weighted by atomic mass is 10.1. The van der Waals surface area contributed by atoms with Crippen molar-refractivity contribution >= 4 is 54.0 Å². The molecule has 3 heterocycles. The Morgan fingerprint density at radius 2 is 2.09 bits per heavy atom. The highest BCUT2D eigenvalue weighted by Gasteiger charge is 2.29. The normalized spacial score (nSPS) is 17.5. The summed E-state index contributed by atoms with van der Waals surface area (Å²) >= 11 is 7.34. The van der Waals surface area contributed by atoms with Gasteiger partial charge in [0, 0.05) is 39.4 Å². The Morgan fingerprint density at radius 1 is 1.24 bits per heavy atom. The Bertz CT molecular complexity index is 1430. The van der Waals surface area contributed by atoms with Gasteiger partial charge in [-0.15, -0.1) is 11.3 Å². The molecule has 5 rings (SSSR count). The van der Waals surface area contributed by atoms with Crippen molar-refractivity contribution in [2.75, 3.05) is 19.6 Å². The van der Waals surface area contributed by atoms with Crippen molar-refractivity contribution in [2.45, 2.75) is 36.4 Å². The van der Waals surface area contributed by atoms with Crippen LogP contribution in [-0.2, 0) is 16.4 Å². The van der Waals surface area contributed by atoms with Gasteiger partial charge in [-0.05, 0) is 92.2 Å². The van der Waals surface area contributed by atoms with Gasteiger partial charge in [0.2, 0.25) is 0 Å². The van der Waals surface area contributed by atoms with E-state index in [2.05, 4.69) is 14.6 Å². The molecule has 5 nitrogen and oxygen atoms in total. The van der Waals surface area contributed by atoms with E-state index < -0.39 is 10.0 Å². The number of thiophene rings is 1. The summed E-state index contributed by atoms with van der Waals surface area (Å²) in [6.45, 7) is 4.21. The van der Waals surface area contributed by atoms with Crippen LogP contribution in [0.2, 0.25) is 5.02 Å². The lowest BCUT2D eigenvalue weighted by Gasteiger charge is -2.16. The van der Waals surface area contributed by atoms with Crippen LogP contribution in [0.3, 0.4) is 0 Å². The number of aromatic amines is 1. The summed E-state index contributed by atoms with van der Waals surface area (Å²) in [7, 11) is -3.65. The summed E-state index contributed by atoms with van der Waals surface area (Å²) in [6, 6.07) is 10.2. The van der Waals surface area contributed by atoms with Crippen LogP contribution in [0.1, 0.15) is 24.0 Å². The number of hydrogen-bond donors (Lipinski definition) is 2. The molecule has 1 aliphatic rings. The highest BCUT2D eigenvalue weighted by molar-refractivity contribution is 7.91. The lowest BCUT2D eigenvalue weighted by Crippen LogP contribution is -2.37. The summed E-state index contributed by atoms with van der Waals surface area (Å²) < 4.78 is 43.7. The van der Waals surface area contributed by atoms with Gasteiger partial charge in [0.05, 0.1) is 0 Å². The maximum atomic E-state index is 13.6. The fraction of sp³-hybridized carbons (Fsp3) is 0.333. The molecule has 1 saturated heterocycles. The van der Waals surface area contributed by atoms with E-state index >= 15 is 0 Å². The molecule has 0 radical (unpaired) electrons. The number of fused-ring (bicyclic) bond motifs is 2. The highest BCUT2D eigenvalue weighted by Crippen LogP contribution is 2.34. The van der Waals surface area contributed by atoms with Crippen LogP contribution in [0.5, 0.6) is 0 Å². The Labute approximate surface area is 201 Å². The van der Waals surface area contributed by atoms with Crippen LogP contribution in [0.15, 0.2) is 46.8 Å². The number of likely N-dealkylation sites (tertiary alicyclic amines) is 1. The molecule has 4 aromatic rings. The molecule has 0 amide bonds. The van der Waals surface area contributed by atoms with Crippen LogP contribution in [0, 0.1) is 12.7 Å². The van der Waals surface area contributed by atoms with E-state index in [1.54, 1.807) is 13.0 Å². The van der Waals surface area contributed by atoms with Crippen LogP contribution in [-0.4, -0.2) is 44.0 Å². The predicted octanol–water partition coefficient (Wildman–Crippen LogP) is 5.47. The van der Waals surface area contributed by atoms with Crippen molar-refractivity contribution in [1.82, 2.24) is 14.6 Å². The number of aryl methyl sites for hydroxylation is 2. The van der Waals surface area contributed by atoms with Crippen molar-refractivity contribution in [3.63, 3.8) is 0 Å². The molecule has 1 atom stereocenters. The maximum Gasteiger partial charge on any atom is 0.250 e. The van der Waals surface area contributed by atoms with Gasteiger partial charge in [0.25, 0.3) is 10.0 Å². The van der Waals surface area contributed by atoms with E-state index in [1.807, 2.05) is 24.4 Å². The zero-order chi connectivity index (χ0) is 23.2. The van der Waals surface area contributed by atoms with Gasteiger partial charge in [-0.25, -0.2) is 17.5 Å². The first-order valence-corrected chi connectivity index (χ1v) is 13.7. The third kappa shape index (κ3) is 4.68. The van der Waals surface area contributed by atoms with E-state index in [1.165, 1.54) is 29.0 Å². The number of sulfonamides is 1. The first-order valence-electron chi connectivity index (χ1n) is 11.0. The summed E-state index contributed by atoms with van der Waals surface area (Å²) in [5, 5.41) is 2.55. The Hall–Kier alpha value is -1.97. The quantitative estimate of drug-likeness (QED) is 0.350. The molecule has 1 aliphatic heterocycles. The first-order chi connectivity index (χ1) is 15.8. The zero-order valence-corrected chi connectivity index (χ0v) is 20.6. The van der Waals surface area contributed by atoms with E-state index in [-0.39, 0.29) is 16.1 Å². The molecule has 0 spiro atoms. The monoisotopic (exact) mass is 505 g/mol. The van der Waals surface area contributed by atoms with Crippen LogP contribution in [0.4, 0.5) is 4.39 Å². The molecule has 0 bridgehead atoms. The number of benzene rings is 2. The van der Waals surface area contributed by atoms with Crippen LogP contribution >= 0.6 is 22.9 Å². The lowest BCUT2D eigenvalue weighted by molar-refractivity contribution is 0.327. The Balaban J connectivity index is 1.19. The summed E-state index contributed by atoms with van der Waals surface area (Å²) in [6.07, 6.45) is 4.74. The number of nitrogens with one attached hydrogen (secondary N) is 2. The smallest absolute Gasteiger partial charge is 0.250 e. The molecule has 9 heteroatoms.